The van der Waals surface area contributed by atoms with Crippen LogP contribution < -0.4 is 4.74 Å². The van der Waals surface area contributed by atoms with Crippen molar-refractivity contribution in [2.45, 2.75) is 68.9 Å². The first-order valence-electron chi connectivity index (χ1n) is 11.9. The number of piperidine rings is 1. The maximum absolute atomic E-state index is 12.8. The van der Waals surface area contributed by atoms with Crippen LogP contribution in [0.1, 0.15) is 56.4 Å². The Hall–Kier alpha value is -1.35. The molecule has 1 unspecified atom stereocenters. The molecule has 1 aliphatic carbocycles. The zero-order valence-corrected chi connectivity index (χ0v) is 18.7. The highest BCUT2D eigenvalue weighted by molar-refractivity contribution is 5.33. The molecule has 0 radical (unpaired) electrons. The van der Waals surface area contributed by atoms with E-state index in [4.69, 9.17) is 4.74 Å². The van der Waals surface area contributed by atoms with Gasteiger partial charge in [0.25, 0.3) is 0 Å². The van der Waals surface area contributed by atoms with E-state index in [1.165, 1.54) is 12.1 Å². The van der Waals surface area contributed by atoms with Gasteiger partial charge in [-0.25, -0.2) is 0 Å². The maximum atomic E-state index is 12.8. The minimum absolute atomic E-state index is 0.217. The Morgan fingerprint density at radius 1 is 1.06 bits per heavy atom. The van der Waals surface area contributed by atoms with Crippen molar-refractivity contribution in [2.24, 2.45) is 0 Å². The lowest BCUT2D eigenvalue weighted by Gasteiger charge is -2.44. The summed E-state index contributed by atoms with van der Waals surface area (Å²) < 4.78 is 48.0. The monoisotopic (exact) mass is 456 g/mol. The second kappa shape index (κ2) is 10.3. The quantitative estimate of drug-likeness (QED) is 0.697. The van der Waals surface area contributed by atoms with Crippen molar-refractivity contribution in [3.63, 3.8) is 0 Å². The first-order chi connectivity index (χ1) is 15.3. The van der Waals surface area contributed by atoms with Gasteiger partial charge in [0, 0.05) is 31.6 Å². The van der Waals surface area contributed by atoms with Crippen LogP contribution in [0.4, 0.5) is 13.2 Å². The third-order valence-corrected chi connectivity index (χ3v) is 7.42. The van der Waals surface area contributed by atoms with Crippen LogP contribution in [0.25, 0.3) is 0 Å². The summed E-state index contributed by atoms with van der Waals surface area (Å²) in [6.45, 7) is 6.10. The molecule has 2 aliphatic heterocycles. The number of hydrogen-bond acceptors (Lipinski definition) is 5. The molecule has 3 aliphatic rings. The van der Waals surface area contributed by atoms with Crippen molar-refractivity contribution in [3.05, 3.63) is 29.8 Å². The van der Waals surface area contributed by atoms with Gasteiger partial charge in [-0.2, -0.15) is 0 Å². The topological polar surface area (TPSA) is 45.2 Å². The molecule has 0 aromatic heterocycles. The minimum Gasteiger partial charge on any atom is -0.406 e. The largest absolute Gasteiger partial charge is 0.573 e. The molecule has 4 rings (SSSR count). The Balaban J connectivity index is 1.47. The van der Waals surface area contributed by atoms with E-state index >= 15 is 0 Å². The van der Waals surface area contributed by atoms with Gasteiger partial charge in [0.05, 0.1) is 18.8 Å². The summed E-state index contributed by atoms with van der Waals surface area (Å²) in [6, 6.07) is 6.79. The lowest BCUT2D eigenvalue weighted by Crippen LogP contribution is -2.51. The number of benzene rings is 1. The summed E-state index contributed by atoms with van der Waals surface area (Å²) in [6.07, 6.45) is 1.79. The third kappa shape index (κ3) is 6.16. The first-order valence-corrected chi connectivity index (χ1v) is 11.9. The van der Waals surface area contributed by atoms with E-state index in [0.717, 1.165) is 77.1 Å². The maximum Gasteiger partial charge on any atom is 0.573 e. The molecule has 5 nitrogen and oxygen atoms in total. The van der Waals surface area contributed by atoms with Crippen LogP contribution in [0.2, 0.25) is 0 Å². The van der Waals surface area contributed by atoms with E-state index in [2.05, 4.69) is 14.5 Å². The van der Waals surface area contributed by atoms with Crippen LogP contribution in [0.3, 0.4) is 0 Å². The summed E-state index contributed by atoms with van der Waals surface area (Å²) in [4.78, 5) is 4.90. The van der Waals surface area contributed by atoms with Crippen LogP contribution >= 0.6 is 0 Å². The van der Waals surface area contributed by atoms with Crippen molar-refractivity contribution < 1.29 is 27.8 Å². The predicted molar refractivity (Wildman–Crippen MR) is 116 cm³/mol. The van der Waals surface area contributed by atoms with Crippen molar-refractivity contribution in [3.8, 4) is 5.75 Å². The summed E-state index contributed by atoms with van der Waals surface area (Å²) >= 11 is 0. The molecule has 1 N–H and O–H groups in total. The highest BCUT2D eigenvalue weighted by atomic mass is 19.4. The Kier molecular flexibility index (Phi) is 7.65. The lowest BCUT2D eigenvalue weighted by molar-refractivity contribution is -0.274. The van der Waals surface area contributed by atoms with Crippen molar-refractivity contribution in [1.29, 1.82) is 0 Å². The molecule has 1 aromatic carbocycles. The molecule has 1 aromatic rings. The fraction of sp³-hybridized carbons (Fsp3) is 0.750. The number of likely N-dealkylation sites (tertiary alicyclic amines) is 1. The third-order valence-electron chi connectivity index (χ3n) is 7.42. The molecule has 3 fully saturated rings. The highest BCUT2D eigenvalue weighted by Crippen LogP contribution is 2.42. The summed E-state index contributed by atoms with van der Waals surface area (Å²) in [5.74, 6) is -0.454. The summed E-state index contributed by atoms with van der Waals surface area (Å²) in [7, 11) is 0. The molecule has 2 heterocycles. The van der Waals surface area contributed by atoms with Gasteiger partial charge in [-0.05, 0) is 56.5 Å². The molecule has 0 amide bonds. The number of morpholine rings is 1. The molecule has 0 spiro atoms. The molecule has 180 valence electrons. The number of aliphatic hydroxyl groups is 1. The fourth-order valence-electron chi connectivity index (χ4n) is 5.69. The summed E-state index contributed by atoms with van der Waals surface area (Å²) in [5, 5.41) is 11.6. The van der Waals surface area contributed by atoms with Gasteiger partial charge >= 0.3 is 6.36 Å². The number of halogens is 3. The number of nitrogens with zero attached hydrogens (tertiary/aromatic N) is 2. The molecular formula is C24H35F3N2O3. The van der Waals surface area contributed by atoms with E-state index in [0.29, 0.717) is 25.4 Å². The summed E-state index contributed by atoms with van der Waals surface area (Å²) in [5.41, 5.74) is -0.164. The van der Waals surface area contributed by atoms with Crippen molar-refractivity contribution in [2.75, 3.05) is 45.9 Å². The van der Waals surface area contributed by atoms with Crippen LogP contribution in [-0.2, 0) is 4.74 Å². The van der Waals surface area contributed by atoms with Crippen LogP contribution in [0, 0.1) is 0 Å². The smallest absolute Gasteiger partial charge is 0.406 e. The van der Waals surface area contributed by atoms with Gasteiger partial charge in [-0.15, -0.1) is 13.2 Å². The fourth-order valence-corrected chi connectivity index (χ4v) is 5.69. The Labute approximate surface area is 188 Å². The number of alkyl halides is 3. The molecule has 2 saturated heterocycles. The van der Waals surface area contributed by atoms with Crippen molar-refractivity contribution in [1.82, 2.24) is 9.80 Å². The molecule has 8 heteroatoms. The van der Waals surface area contributed by atoms with Gasteiger partial charge in [-0.3, -0.25) is 4.90 Å². The molecule has 32 heavy (non-hydrogen) atoms. The van der Waals surface area contributed by atoms with E-state index in [1.54, 1.807) is 6.07 Å². The van der Waals surface area contributed by atoms with Gasteiger partial charge < -0.3 is 19.5 Å². The molecule has 1 saturated carbocycles. The zero-order chi connectivity index (χ0) is 22.6. The average Bonchev–Trinajstić information content (AvgIpc) is 2.78. The van der Waals surface area contributed by atoms with E-state index in [1.807, 2.05) is 6.07 Å². The minimum atomic E-state index is -4.72. The Bertz CT molecular complexity index is 725. The normalized spacial score (nSPS) is 24.9. The van der Waals surface area contributed by atoms with Gasteiger partial charge in [0.1, 0.15) is 5.75 Å². The standard InChI is InChI=1S/C24H35F3N2O3/c25-24(26,27)32-21-6-4-5-19(17-21)22(23(30)9-2-1-3-10-23)18-28-11-7-20(8-12-28)29-13-15-31-16-14-29/h4-6,17,20,22,30H,1-3,7-16,18H2. The van der Waals surface area contributed by atoms with Crippen LogP contribution in [-0.4, -0.2) is 78.8 Å². The predicted octanol–water partition coefficient (Wildman–Crippen LogP) is 4.16. The molecule has 1 atom stereocenters. The highest BCUT2D eigenvalue weighted by Gasteiger charge is 2.41. The van der Waals surface area contributed by atoms with E-state index < -0.39 is 12.0 Å². The second-order valence-corrected chi connectivity index (χ2v) is 9.52. The average molecular weight is 457 g/mol. The first kappa shape index (κ1) is 23.8. The van der Waals surface area contributed by atoms with Crippen LogP contribution in [0.5, 0.6) is 5.75 Å². The van der Waals surface area contributed by atoms with E-state index in [-0.39, 0.29) is 11.7 Å². The van der Waals surface area contributed by atoms with Gasteiger partial charge in [-0.1, -0.05) is 31.4 Å². The number of rotatable bonds is 6. The number of hydrogen-bond donors (Lipinski definition) is 1. The zero-order valence-electron chi connectivity index (χ0n) is 18.7. The number of ether oxygens (including phenoxy) is 2. The SMILES string of the molecule is OC1(C(CN2CCC(N3CCOCC3)CC2)c2cccc(OC(F)(F)F)c2)CCCCC1. The molecule has 0 bridgehead atoms. The van der Waals surface area contributed by atoms with E-state index in [9.17, 15) is 18.3 Å². The van der Waals surface area contributed by atoms with Crippen molar-refractivity contribution >= 4 is 0 Å². The second-order valence-electron chi connectivity index (χ2n) is 9.52. The lowest BCUT2D eigenvalue weighted by atomic mass is 9.72. The van der Waals surface area contributed by atoms with Gasteiger partial charge in [0.2, 0.25) is 0 Å². The van der Waals surface area contributed by atoms with Crippen LogP contribution in [0.15, 0.2) is 24.3 Å². The molecular weight excluding hydrogens is 421 g/mol. The Morgan fingerprint density at radius 3 is 2.41 bits per heavy atom. The Morgan fingerprint density at radius 2 is 1.75 bits per heavy atom. The van der Waals surface area contributed by atoms with Gasteiger partial charge in [0.15, 0.2) is 0 Å².